The lowest BCUT2D eigenvalue weighted by Crippen LogP contribution is -2.43. The molecule has 1 fully saturated rings. The first kappa shape index (κ1) is 13.9. The summed E-state index contributed by atoms with van der Waals surface area (Å²) in [7, 11) is 2.19. The summed E-state index contributed by atoms with van der Waals surface area (Å²) >= 11 is 1.87. The van der Waals surface area contributed by atoms with Crippen molar-refractivity contribution in [3.8, 4) is 0 Å². The molecule has 0 aliphatic carbocycles. The minimum Gasteiger partial charge on any atom is -0.312 e. The molecule has 1 N–H and O–H groups in total. The Balaban J connectivity index is 1.89. The fourth-order valence-electron chi connectivity index (χ4n) is 2.16. The number of piperazine rings is 1. The van der Waals surface area contributed by atoms with Crippen LogP contribution in [0.5, 0.6) is 0 Å². The molecule has 102 valence electrons. The smallest absolute Gasteiger partial charge is 0.107 e. The Morgan fingerprint density at radius 2 is 2.00 bits per heavy atom. The van der Waals surface area contributed by atoms with Crippen LogP contribution in [-0.4, -0.2) is 54.6 Å². The van der Waals surface area contributed by atoms with Crippen LogP contribution < -0.4 is 5.32 Å². The summed E-state index contributed by atoms with van der Waals surface area (Å²) in [5, 5.41) is 4.65. The van der Waals surface area contributed by atoms with E-state index in [1.54, 1.807) is 0 Å². The van der Waals surface area contributed by atoms with Crippen LogP contribution in [0.4, 0.5) is 0 Å². The Morgan fingerprint density at radius 1 is 1.28 bits per heavy atom. The van der Waals surface area contributed by atoms with E-state index in [1.165, 1.54) is 28.7 Å². The normalized spacial score (nSPS) is 18.4. The van der Waals surface area contributed by atoms with Crippen molar-refractivity contribution < 1.29 is 0 Å². The zero-order valence-corrected chi connectivity index (χ0v) is 12.5. The summed E-state index contributed by atoms with van der Waals surface area (Å²) in [6.07, 6.45) is 0. The van der Waals surface area contributed by atoms with Gasteiger partial charge in [-0.25, -0.2) is 4.98 Å². The molecule has 0 amide bonds. The average molecular weight is 268 g/mol. The van der Waals surface area contributed by atoms with Gasteiger partial charge in [0.05, 0.1) is 12.2 Å². The Bertz CT molecular complexity index is 369. The second kappa shape index (κ2) is 6.61. The number of hydrogen-bond donors (Lipinski definition) is 1. The number of aromatic nitrogens is 1. The molecule has 0 saturated carbocycles. The highest BCUT2D eigenvalue weighted by Gasteiger charge is 2.16. The minimum atomic E-state index is 0.961. The van der Waals surface area contributed by atoms with E-state index in [4.69, 9.17) is 4.98 Å². The third-order valence-electron chi connectivity index (χ3n) is 3.43. The zero-order valence-electron chi connectivity index (χ0n) is 11.7. The molecule has 2 rings (SSSR count). The second-order valence-electron chi connectivity index (χ2n) is 4.98. The molecule has 18 heavy (non-hydrogen) atoms. The number of likely N-dealkylation sites (N-methyl/N-ethyl adjacent to an activating group) is 1. The van der Waals surface area contributed by atoms with Crippen LogP contribution in [0.2, 0.25) is 0 Å². The van der Waals surface area contributed by atoms with Gasteiger partial charge in [-0.1, -0.05) is 6.92 Å². The zero-order chi connectivity index (χ0) is 13.0. The first-order valence-corrected chi connectivity index (χ1v) is 7.57. The van der Waals surface area contributed by atoms with Crippen LogP contribution in [0, 0.1) is 6.92 Å². The van der Waals surface area contributed by atoms with Crippen LogP contribution in [0.25, 0.3) is 0 Å². The van der Waals surface area contributed by atoms with E-state index in [9.17, 15) is 0 Å². The summed E-state index contributed by atoms with van der Waals surface area (Å²) in [5.41, 5.74) is 1.20. The molecule has 1 aliphatic rings. The predicted molar refractivity (Wildman–Crippen MR) is 77.0 cm³/mol. The van der Waals surface area contributed by atoms with Crippen LogP contribution in [-0.2, 0) is 13.1 Å². The van der Waals surface area contributed by atoms with Gasteiger partial charge in [0.25, 0.3) is 0 Å². The SMILES string of the molecule is CCNCc1sc(CN2CCN(C)CC2)nc1C. The molecule has 0 unspecified atom stereocenters. The van der Waals surface area contributed by atoms with Crippen molar-refractivity contribution in [1.29, 1.82) is 0 Å². The molecule has 1 aromatic rings. The van der Waals surface area contributed by atoms with Gasteiger partial charge in [0.2, 0.25) is 0 Å². The van der Waals surface area contributed by atoms with Crippen LogP contribution in [0.15, 0.2) is 0 Å². The van der Waals surface area contributed by atoms with Crippen molar-refractivity contribution in [2.75, 3.05) is 39.8 Å². The second-order valence-corrected chi connectivity index (χ2v) is 6.14. The van der Waals surface area contributed by atoms with Crippen molar-refractivity contribution >= 4 is 11.3 Å². The number of rotatable bonds is 5. The topological polar surface area (TPSA) is 31.4 Å². The van der Waals surface area contributed by atoms with Gasteiger partial charge in [0.1, 0.15) is 5.01 Å². The third kappa shape index (κ3) is 3.75. The fraction of sp³-hybridized carbons (Fsp3) is 0.769. The summed E-state index contributed by atoms with van der Waals surface area (Å²) in [6.45, 7) is 11.9. The maximum Gasteiger partial charge on any atom is 0.107 e. The first-order chi connectivity index (χ1) is 8.69. The van der Waals surface area contributed by atoms with E-state index in [-0.39, 0.29) is 0 Å². The van der Waals surface area contributed by atoms with E-state index < -0.39 is 0 Å². The maximum atomic E-state index is 4.70. The van der Waals surface area contributed by atoms with E-state index >= 15 is 0 Å². The maximum absolute atomic E-state index is 4.70. The lowest BCUT2D eigenvalue weighted by Gasteiger charge is -2.31. The monoisotopic (exact) mass is 268 g/mol. The summed E-state index contributed by atoms with van der Waals surface area (Å²) in [6, 6.07) is 0. The molecular formula is C13H24N4S. The Morgan fingerprint density at radius 3 is 2.67 bits per heavy atom. The molecule has 1 aliphatic heterocycles. The number of nitrogens with zero attached hydrogens (tertiary/aromatic N) is 3. The summed E-state index contributed by atoms with van der Waals surface area (Å²) in [5.74, 6) is 0. The van der Waals surface area contributed by atoms with Crippen molar-refractivity contribution in [2.24, 2.45) is 0 Å². The number of thiazole rings is 1. The fourth-order valence-corrected chi connectivity index (χ4v) is 3.24. The van der Waals surface area contributed by atoms with E-state index in [0.717, 1.165) is 32.7 Å². The summed E-state index contributed by atoms with van der Waals surface area (Å²) in [4.78, 5) is 11.0. The lowest BCUT2D eigenvalue weighted by molar-refractivity contribution is 0.148. The largest absolute Gasteiger partial charge is 0.312 e. The highest BCUT2D eigenvalue weighted by atomic mass is 32.1. The average Bonchev–Trinajstić information content (AvgIpc) is 2.70. The van der Waals surface area contributed by atoms with Gasteiger partial charge < -0.3 is 10.2 Å². The lowest BCUT2D eigenvalue weighted by atomic mass is 10.3. The Kier molecular flexibility index (Phi) is 5.12. The van der Waals surface area contributed by atoms with E-state index in [1.807, 2.05) is 11.3 Å². The van der Waals surface area contributed by atoms with Gasteiger partial charge in [-0.15, -0.1) is 11.3 Å². The number of hydrogen-bond acceptors (Lipinski definition) is 5. The number of nitrogens with one attached hydrogen (secondary N) is 1. The van der Waals surface area contributed by atoms with Gasteiger partial charge in [0, 0.05) is 37.6 Å². The molecule has 0 radical (unpaired) electrons. The van der Waals surface area contributed by atoms with E-state index in [0.29, 0.717) is 0 Å². The Hall–Kier alpha value is -0.490. The third-order valence-corrected chi connectivity index (χ3v) is 4.57. The van der Waals surface area contributed by atoms with Crippen LogP contribution in [0.1, 0.15) is 22.5 Å². The van der Waals surface area contributed by atoms with Gasteiger partial charge in [-0.2, -0.15) is 0 Å². The van der Waals surface area contributed by atoms with Gasteiger partial charge in [-0.3, -0.25) is 4.90 Å². The van der Waals surface area contributed by atoms with Crippen molar-refractivity contribution in [2.45, 2.75) is 26.9 Å². The first-order valence-electron chi connectivity index (χ1n) is 6.76. The molecule has 0 aromatic carbocycles. The molecule has 1 saturated heterocycles. The quantitative estimate of drug-likeness (QED) is 0.872. The van der Waals surface area contributed by atoms with Crippen LogP contribution >= 0.6 is 11.3 Å². The van der Waals surface area contributed by atoms with Crippen molar-refractivity contribution in [3.05, 3.63) is 15.6 Å². The van der Waals surface area contributed by atoms with Gasteiger partial charge in [-0.05, 0) is 20.5 Å². The molecular weight excluding hydrogens is 244 g/mol. The molecule has 0 atom stereocenters. The Labute approximate surface area is 114 Å². The highest BCUT2D eigenvalue weighted by molar-refractivity contribution is 7.11. The molecule has 5 heteroatoms. The molecule has 1 aromatic heterocycles. The van der Waals surface area contributed by atoms with Crippen molar-refractivity contribution in [3.63, 3.8) is 0 Å². The minimum absolute atomic E-state index is 0.961. The molecule has 0 bridgehead atoms. The number of aryl methyl sites for hydroxylation is 1. The van der Waals surface area contributed by atoms with E-state index in [2.05, 4.69) is 36.0 Å². The molecule has 0 spiro atoms. The summed E-state index contributed by atoms with van der Waals surface area (Å²) < 4.78 is 0. The van der Waals surface area contributed by atoms with Gasteiger partial charge >= 0.3 is 0 Å². The standard InChI is InChI=1S/C13H24N4S/c1-4-14-9-12-11(2)15-13(18-12)10-17-7-5-16(3)6-8-17/h14H,4-10H2,1-3H3. The van der Waals surface area contributed by atoms with Crippen LogP contribution in [0.3, 0.4) is 0 Å². The molecule has 4 nitrogen and oxygen atoms in total. The molecule has 2 heterocycles. The predicted octanol–water partition coefficient (Wildman–Crippen LogP) is 1.31. The highest BCUT2D eigenvalue weighted by Crippen LogP contribution is 2.19. The van der Waals surface area contributed by atoms with Crippen molar-refractivity contribution in [1.82, 2.24) is 20.1 Å². The van der Waals surface area contributed by atoms with Gasteiger partial charge in [0.15, 0.2) is 0 Å².